The lowest BCUT2D eigenvalue weighted by atomic mass is 9.76. The Morgan fingerprint density at radius 2 is 1.75 bits per heavy atom. The number of piperidine rings is 1. The highest BCUT2D eigenvalue weighted by atomic mass is 35.5. The van der Waals surface area contributed by atoms with E-state index < -0.39 is 0 Å². The van der Waals surface area contributed by atoms with Crippen molar-refractivity contribution in [2.45, 2.75) is 37.3 Å². The molecule has 0 radical (unpaired) electrons. The van der Waals surface area contributed by atoms with Gasteiger partial charge in [-0.3, -0.25) is 4.90 Å². The summed E-state index contributed by atoms with van der Waals surface area (Å²) in [5, 5.41) is 0.825. The van der Waals surface area contributed by atoms with Crippen LogP contribution in [-0.2, 0) is 0 Å². The maximum Gasteiger partial charge on any atom is 0.0406 e. The van der Waals surface area contributed by atoms with Crippen molar-refractivity contribution in [3.05, 3.63) is 76.8 Å². The van der Waals surface area contributed by atoms with Crippen molar-refractivity contribution in [1.29, 1.82) is 0 Å². The van der Waals surface area contributed by atoms with E-state index in [1.165, 1.54) is 30.4 Å². The highest BCUT2D eigenvalue weighted by molar-refractivity contribution is 6.30. The number of halogens is 1. The van der Waals surface area contributed by atoms with Crippen LogP contribution in [0.5, 0.6) is 0 Å². The van der Waals surface area contributed by atoms with Gasteiger partial charge in [-0.2, -0.15) is 0 Å². The van der Waals surface area contributed by atoms with E-state index in [0.29, 0.717) is 17.9 Å². The molecule has 0 aliphatic carbocycles. The van der Waals surface area contributed by atoms with Crippen molar-refractivity contribution in [2.24, 2.45) is 5.92 Å². The zero-order chi connectivity index (χ0) is 16.5. The Balaban J connectivity index is 1.65. The van der Waals surface area contributed by atoms with Crippen molar-refractivity contribution in [3.8, 4) is 0 Å². The minimum absolute atomic E-state index is 0.565. The zero-order valence-electron chi connectivity index (χ0n) is 14.1. The third kappa shape index (κ3) is 3.03. The van der Waals surface area contributed by atoms with Gasteiger partial charge < -0.3 is 0 Å². The monoisotopic (exact) mass is 337 g/mol. The average molecular weight is 338 g/mol. The van der Waals surface area contributed by atoms with Crippen LogP contribution in [-0.4, -0.2) is 24.0 Å². The molecule has 1 nitrogen and oxygen atoms in total. The van der Waals surface area contributed by atoms with E-state index in [2.05, 4.69) is 66.6 Å². The Bertz CT molecular complexity index is 707. The summed E-state index contributed by atoms with van der Waals surface area (Å²) in [5.74, 6) is 1.16. The van der Waals surface area contributed by atoms with Crippen LogP contribution in [0, 0.1) is 5.92 Å². The number of fused-ring (bicyclic) bond motifs is 2. The summed E-state index contributed by atoms with van der Waals surface area (Å²) in [6.45, 7) is 0. The lowest BCUT2D eigenvalue weighted by Crippen LogP contribution is -2.45. The molecule has 2 bridgehead atoms. The van der Waals surface area contributed by atoms with E-state index in [-0.39, 0.29) is 0 Å². The highest BCUT2D eigenvalue weighted by Gasteiger charge is 2.44. The second-order valence-corrected chi connectivity index (χ2v) is 7.64. The van der Waals surface area contributed by atoms with Gasteiger partial charge in [-0.25, -0.2) is 0 Å². The second-order valence-electron chi connectivity index (χ2n) is 7.20. The molecule has 0 N–H and O–H groups in total. The Labute approximate surface area is 149 Å². The van der Waals surface area contributed by atoms with Crippen LogP contribution in [0.3, 0.4) is 0 Å². The van der Waals surface area contributed by atoms with E-state index in [1.807, 2.05) is 12.1 Å². The molecule has 2 saturated heterocycles. The first kappa shape index (κ1) is 15.9. The van der Waals surface area contributed by atoms with Gasteiger partial charge in [-0.15, -0.1) is 0 Å². The van der Waals surface area contributed by atoms with Gasteiger partial charge in [0.25, 0.3) is 0 Å². The van der Waals surface area contributed by atoms with Gasteiger partial charge in [0.05, 0.1) is 0 Å². The molecule has 2 aromatic rings. The molecular formula is C22H24ClN. The van der Waals surface area contributed by atoms with Gasteiger partial charge in [0.1, 0.15) is 0 Å². The van der Waals surface area contributed by atoms with Crippen LogP contribution in [0.1, 0.15) is 36.3 Å². The van der Waals surface area contributed by atoms with E-state index in [1.54, 1.807) is 0 Å². The SMILES string of the molecule is CN1[C@@H]2CC[C@H]1[C@@H](/C=C\c1ccccc1)[C@@H](c1ccc(Cl)cc1)C2. The molecule has 2 aromatic carbocycles. The van der Waals surface area contributed by atoms with Crippen molar-refractivity contribution in [2.75, 3.05) is 7.05 Å². The third-order valence-corrected chi connectivity index (χ3v) is 6.19. The normalized spacial score (nSPS) is 30.1. The van der Waals surface area contributed by atoms with Gasteiger partial charge in [0, 0.05) is 17.1 Å². The van der Waals surface area contributed by atoms with Crippen LogP contribution in [0.15, 0.2) is 60.7 Å². The number of hydrogen-bond donors (Lipinski definition) is 0. The molecule has 4 atom stereocenters. The molecule has 2 aliphatic heterocycles. The molecule has 2 fully saturated rings. The molecule has 0 unspecified atom stereocenters. The van der Waals surface area contributed by atoms with Gasteiger partial charge in [-0.1, -0.05) is 66.2 Å². The third-order valence-electron chi connectivity index (χ3n) is 5.94. The quantitative estimate of drug-likeness (QED) is 0.702. The lowest BCUT2D eigenvalue weighted by Gasteiger charge is -2.42. The van der Waals surface area contributed by atoms with Gasteiger partial charge in [-0.05, 0) is 61.4 Å². The lowest BCUT2D eigenvalue weighted by molar-refractivity contribution is 0.124. The molecule has 0 amide bonds. The van der Waals surface area contributed by atoms with Crippen molar-refractivity contribution >= 4 is 17.7 Å². The second kappa shape index (κ2) is 6.74. The topological polar surface area (TPSA) is 3.24 Å². The molecule has 0 aromatic heterocycles. The number of nitrogens with zero attached hydrogens (tertiary/aromatic N) is 1. The van der Waals surface area contributed by atoms with Crippen LogP contribution in [0.2, 0.25) is 5.02 Å². The Morgan fingerprint density at radius 3 is 2.50 bits per heavy atom. The van der Waals surface area contributed by atoms with Crippen LogP contribution >= 0.6 is 11.6 Å². The molecule has 4 rings (SSSR count). The van der Waals surface area contributed by atoms with Gasteiger partial charge >= 0.3 is 0 Å². The molecule has 2 heteroatoms. The molecule has 0 saturated carbocycles. The van der Waals surface area contributed by atoms with Gasteiger partial charge in [0.15, 0.2) is 0 Å². The molecule has 2 aliphatic rings. The molecule has 24 heavy (non-hydrogen) atoms. The van der Waals surface area contributed by atoms with Crippen molar-refractivity contribution in [3.63, 3.8) is 0 Å². The van der Waals surface area contributed by atoms with Crippen molar-refractivity contribution in [1.82, 2.24) is 4.90 Å². The molecular weight excluding hydrogens is 314 g/mol. The summed E-state index contributed by atoms with van der Waals surface area (Å²) >= 11 is 6.10. The van der Waals surface area contributed by atoms with E-state index in [0.717, 1.165) is 11.1 Å². The predicted octanol–water partition coefficient (Wildman–Crippen LogP) is 5.62. The van der Waals surface area contributed by atoms with Crippen LogP contribution < -0.4 is 0 Å². The fourth-order valence-electron chi connectivity index (χ4n) is 4.62. The Kier molecular flexibility index (Phi) is 4.47. The molecule has 2 heterocycles. The fraction of sp³-hybridized carbons (Fsp3) is 0.364. The smallest absolute Gasteiger partial charge is 0.0406 e. The highest BCUT2D eigenvalue weighted by Crippen LogP contribution is 2.47. The summed E-state index contributed by atoms with van der Waals surface area (Å²) in [5.41, 5.74) is 2.72. The summed E-state index contributed by atoms with van der Waals surface area (Å²) in [6.07, 6.45) is 8.66. The predicted molar refractivity (Wildman–Crippen MR) is 102 cm³/mol. The summed E-state index contributed by atoms with van der Waals surface area (Å²) < 4.78 is 0. The number of hydrogen-bond acceptors (Lipinski definition) is 1. The largest absolute Gasteiger partial charge is 0.300 e. The number of benzene rings is 2. The first-order valence-corrected chi connectivity index (χ1v) is 9.31. The summed E-state index contributed by atoms with van der Waals surface area (Å²) in [7, 11) is 2.31. The van der Waals surface area contributed by atoms with Gasteiger partial charge in [0.2, 0.25) is 0 Å². The van der Waals surface area contributed by atoms with E-state index in [9.17, 15) is 0 Å². The van der Waals surface area contributed by atoms with Crippen LogP contribution in [0.4, 0.5) is 0 Å². The standard InChI is InChI=1S/C22H24ClN/c1-24-19-12-14-22(24)20(13-7-16-5-3-2-4-6-16)21(15-19)17-8-10-18(23)11-9-17/h2-11,13,19-22H,12,14-15H2,1H3/b13-7-/t19-,20+,21-,22+/m1/s1. The zero-order valence-corrected chi connectivity index (χ0v) is 14.9. The van der Waals surface area contributed by atoms with Crippen LogP contribution in [0.25, 0.3) is 6.08 Å². The molecule has 0 spiro atoms. The Morgan fingerprint density at radius 1 is 1.00 bits per heavy atom. The Hall–Kier alpha value is -1.57. The summed E-state index contributed by atoms with van der Waals surface area (Å²) in [4.78, 5) is 2.62. The minimum Gasteiger partial charge on any atom is -0.300 e. The van der Waals surface area contributed by atoms with E-state index >= 15 is 0 Å². The van der Waals surface area contributed by atoms with E-state index in [4.69, 9.17) is 11.6 Å². The van der Waals surface area contributed by atoms with Crippen molar-refractivity contribution < 1.29 is 0 Å². The molecule has 124 valence electrons. The maximum absolute atomic E-state index is 6.10. The maximum atomic E-state index is 6.10. The number of rotatable bonds is 3. The summed E-state index contributed by atoms with van der Waals surface area (Å²) in [6, 6.07) is 20.6. The minimum atomic E-state index is 0.565. The fourth-order valence-corrected chi connectivity index (χ4v) is 4.75. The first-order valence-electron chi connectivity index (χ1n) is 8.93. The first-order chi connectivity index (χ1) is 11.7. The average Bonchev–Trinajstić information content (AvgIpc) is 2.86.